The lowest BCUT2D eigenvalue weighted by Gasteiger charge is -2.17. The first kappa shape index (κ1) is 12.9. The molecule has 3 N–H and O–H groups in total. The van der Waals surface area contributed by atoms with E-state index in [1.54, 1.807) is 0 Å². The molecule has 1 aromatic carbocycles. The molecule has 0 aliphatic heterocycles. The van der Waals surface area contributed by atoms with Gasteiger partial charge >= 0.3 is 6.18 Å². The van der Waals surface area contributed by atoms with Gasteiger partial charge in [-0.05, 0) is 30.5 Å². The summed E-state index contributed by atoms with van der Waals surface area (Å²) in [6, 6.07) is 4.00. The molecule has 3 nitrogen and oxygen atoms in total. The van der Waals surface area contributed by atoms with Crippen LogP contribution in [0.4, 0.5) is 13.2 Å². The van der Waals surface area contributed by atoms with E-state index in [1.807, 2.05) is 0 Å². The number of carbonyl (C=O) groups excluding carboxylic acids is 1. The quantitative estimate of drug-likeness (QED) is 0.867. The molecule has 1 atom stereocenters. The number of hydrogen-bond acceptors (Lipinski definition) is 2. The average Bonchev–Trinajstić information content (AvgIpc) is 3.08. The zero-order valence-corrected chi connectivity index (χ0v) is 9.50. The van der Waals surface area contributed by atoms with Gasteiger partial charge in [-0.15, -0.1) is 0 Å². The fourth-order valence-corrected chi connectivity index (χ4v) is 1.72. The number of primary amides is 1. The summed E-state index contributed by atoms with van der Waals surface area (Å²) in [5.41, 5.74) is 4.70. The highest BCUT2D eigenvalue weighted by atomic mass is 19.4. The Hall–Kier alpha value is -1.56. The van der Waals surface area contributed by atoms with Crippen molar-refractivity contribution in [3.05, 3.63) is 35.4 Å². The molecule has 1 unspecified atom stereocenters. The first-order chi connectivity index (χ1) is 8.38. The van der Waals surface area contributed by atoms with Crippen LogP contribution in [0.2, 0.25) is 0 Å². The number of carbonyl (C=O) groups is 1. The molecule has 1 amide bonds. The van der Waals surface area contributed by atoms with Crippen molar-refractivity contribution in [1.29, 1.82) is 0 Å². The second-order valence-electron chi connectivity index (χ2n) is 4.40. The Bertz CT molecular complexity index is 455. The summed E-state index contributed by atoms with van der Waals surface area (Å²) in [5.74, 6) is -0.666. The highest BCUT2D eigenvalue weighted by molar-refractivity contribution is 5.81. The molecule has 1 aliphatic rings. The number of halogens is 3. The number of amides is 1. The maximum Gasteiger partial charge on any atom is 0.416 e. The van der Waals surface area contributed by atoms with Crippen molar-refractivity contribution in [2.24, 2.45) is 5.73 Å². The maximum absolute atomic E-state index is 12.6. The topological polar surface area (TPSA) is 55.1 Å². The standard InChI is InChI=1S/C12H13F3N2O/c13-12(14,15)8-3-1-2-7(6-8)10(11(16)18)17-9-4-5-9/h1-3,6,9-10,17H,4-5H2,(H2,16,18). The van der Waals surface area contributed by atoms with Crippen molar-refractivity contribution < 1.29 is 18.0 Å². The Morgan fingerprint density at radius 2 is 2.06 bits per heavy atom. The van der Waals surface area contributed by atoms with Crippen molar-refractivity contribution >= 4 is 5.91 Å². The van der Waals surface area contributed by atoms with Gasteiger partial charge in [0.15, 0.2) is 0 Å². The van der Waals surface area contributed by atoms with E-state index >= 15 is 0 Å². The van der Waals surface area contributed by atoms with Gasteiger partial charge in [0, 0.05) is 6.04 Å². The fourth-order valence-electron chi connectivity index (χ4n) is 1.72. The van der Waals surface area contributed by atoms with E-state index in [2.05, 4.69) is 5.32 Å². The van der Waals surface area contributed by atoms with Crippen LogP contribution in [0.25, 0.3) is 0 Å². The lowest BCUT2D eigenvalue weighted by molar-refractivity contribution is -0.137. The zero-order valence-electron chi connectivity index (χ0n) is 9.50. The van der Waals surface area contributed by atoms with Gasteiger partial charge in [-0.1, -0.05) is 12.1 Å². The van der Waals surface area contributed by atoms with Crippen LogP contribution >= 0.6 is 0 Å². The number of alkyl halides is 3. The largest absolute Gasteiger partial charge is 0.416 e. The molecule has 0 aromatic heterocycles. The van der Waals surface area contributed by atoms with Crippen LogP contribution in [0.15, 0.2) is 24.3 Å². The minimum atomic E-state index is -4.42. The zero-order chi connectivity index (χ0) is 13.3. The molecule has 2 rings (SSSR count). The lowest BCUT2D eigenvalue weighted by atomic mass is 10.0. The molecular weight excluding hydrogens is 245 g/mol. The molecule has 0 bridgehead atoms. The molecule has 0 saturated heterocycles. The van der Waals surface area contributed by atoms with E-state index in [9.17, 15) is 18.0 Å². The van der Waals surface area contributed by atoms with E-state index in [-0.39, 0.29) is 11.6 Å². The van der Waals surface area contributed by atoms with E-state index < -0.39 is 23.7 Å². The Kier molecular flexibility index (Phi) is 3.30. The first-order valence-electron chi connectivity index (χ1n) is 5.60. The molecule has 1 saturated carbocycles. The van der Waals surface area contributed by atoms with Gasteiger partial charge in [-0.25, -0.2) is 0 Å². The highest BCUT2D eigenvalue weighted by Gasteiger charge is 2.33. The molecular formula is C12H13F3N2O. The van der Waals surface area contributed by atoms with Crippen molar-refractivity contribution in [3.63, 3.8) is 0 Å². The van der Waals surface area contributed by atoms with Crippen LogP contribution in [-0.4, -0.2) is 11.9 Å². The summed E-state index contributed by atoms with van der Waals surface area (Å²) >= 11 is 0. The Balaban J connectivity index is 2.26. The van der Waals surface area contributed by atoms with Crippen LogP contribution in [0.3, 0.4) is 0 Å². The smallest absolute Gasteiger partial charge is 0.368 e. The predicted molar refractivity (Wildman–Crippen MR) is 59.5 cm³/mol. The Morgan fingerprint density at radius 1 is 1.39 bits per heavy atom. The fraction of sp³-hybridized carbons (Fsp3) is 0.417. The number of benzene rings is 1. The van der Waals surface area contributed by atoms with Crippen LogP contribution in [0.1, 0.15) is 30.0 Å². The maximum atomic E-state index is 12.6. The van der Waals surface area contributed by atoms with Gasteiger partial charge < -0.3 is 5.73 Å². The molecule has 1 aliphatic carbocycles. The highest BCUT2D eigenvalue weighted by Crippen LogP contribution is 2.31. The van der Waals surface area contributed by atoms with Crippen molar-refractivity contribution in [2.75, 3.05) is 0 Å². The van der Waals surface area contributed by atoms with Gasteiger partial charge in [0.05, 0.1) is 5.56 Å². The second kappa shape index (κ2) is 4.61. The first-order valence-corrected chi connectivity index (χ1v) is 5.60. The van der Waals surface area contributed by atoms with E-state index in [1.165, 1.54) is 12.1 Å². The number of hydrogen-bond donors (Lipinski definition) is 2. The summed E-state index contributed by atoms with van der Waals surface area (Å²) in [6.45, 7) is 0. The second-order valence-corrected chi connectivity index (χ2v) is 4.40. The molecule has 18 heavy (non-hydrogen) atoms. The summed E-state index contributed by atoms with van der Waals surface area (Å²) < 4.78 is 37.7. The third-order valence-corrected chi connectivity index (χ3v) is 2.81. The molecule has 98 valence electrons. The van der Waals surface area contributed by atoms with Crippen LogP contribution in [0, 0.1) is 0 Å². The molecule has 0 heterocycles. The van der Waals surface area contributed by atoms with Crippen LogP contribution in [0.5, 0.6) is 0 Å². The normalized spacial score (nSPS) is 17.5. The summed E-state index contributed by atoms with van der Waals surface area (Å²) in [4.78, 5) is 11.3. The van der Waals surface area contributed by atoms with Crippen LogP contribution < -0.4 is 11.1 Å². The van der Waals surface area contributed by atoms with E-state index in [0.29, 0.717) is 0 Å². The minimum absolute atomic E-state index is 0.178. The SMILES string of the molecule is NC(=O)C(NC1CC1)c1cccc(C(F)(F)F)c1. The van der Waals surface area contributed by atoms with Gasteiger partial charge in [0.25, 0.3) is 0 Å². The Labute approximate surface area is 102 Å². The van der Waals surface area contributed by atoms with E-state index in [4.69, 9.17) is 5.73 Å². The predicted octanol–water partition coefficient (Wildman–Crippen LogP) is 1.98. The third-order valence-electron chi connectivity index (χ3n) is 2.81. The third kappa shape index (κ3) is 3.01. The number of nitrogens with two attached hydrogens (primary N) is 1. The molecule has 6 heteroatoms. The monoisotopic (exact) mass is 258 g/mol. The van der Waals surface area contributed by atoms with Gasteiger partial charge in [0.2, 0.25) is 5.91 Å². The van der Waals surface area contributed by atoms with Gasteiger partial charge in [0.1, 0.15) is 6.04 Å². The molecule has 1 fully saturated rings. The van der Waals surface area contributed by atoms with E-state index in [0.717, 1.165) is 25.0 Å². The van der Waals surface area contributed by atoms with Crippen LogP contribution in [-0.2, 0) is 11.0 Å². The minimum Gasteiger partial charge on any atom is -0.368 e. The van der Waals surface area contributed by atoms with Gasteiger partial charge in [-0.3, -0.25) is 10.1 Å². The molecule has 1 aromatic rings. The summed E-state index contributed by atoms with van der Waals surface area (Å²) in [7, 11) is 0. The van der Waals surface area contributed by atoms with Crippen molar-refractivity contribution in [1.82, 2.24) is 5.32 Å². The Morgan fingerprint density at radius 3 is 2.56 bits per heavy atom. The summed E-state index contributed by atoms with van der Waals surface area (Å²) in [6.07, 6.45) is -2.58. The van der Waals surface area contributed by atoms with Crippen molar-refractivity contribution in [2.45, 2.75) is 31.1 Å². The number of rotatable bonds is 4. The molecule has 0 spiro atoms. The number of nitrogens with one attached hydrogen (secondary N) is 1. The van der Waals surface area contributed by atoms with Crippen molar-refractivity contribution in [3.8, 4) is 0 Å². The molecule has 0 radical (unpaired) electrons. The average molecular weight is 258 g/mol. The summed E-state index contributed by atoms with van der Waals surface area (Å²) in [5, 5.41) is 2.94. The van der Waals surface area contributed by atoms with Gasteiger partial charge in [-0.2, -0.15) is 13.2 Å². The lowest BCUT2D eigenvalue weighted by Crippen LogP contribution is -2.35.